The minimum Gasteiger partial charge on any atom is -0.460 e. The average Bonchev–Trinajstić information content (AvgIpc) is 2.60. The van der Waals surface area contributed by atoms with Gasteiger partial charge in [0.1, 0.15) is 6.10 Å². The summed E-state index contributed by atoms with van der Waals surface area (Å²) in [6, 6.07) is 0. The van der Waals surface area contributed by atoms with Crippen molar-refractivity contribution in [3.63, 3.8) is 0 Å². The summed E-state index contributed by atoms with van der Waals surface area (Å²) in [4.78, 5) is 11.6. The minimum atomic E-state index is -1.18. The number of hydrogen-bond donors (Lipinski definition) is 2. The van der Waals surface area contributed by atoms with Gasteiger partial charge in [-0.25, -0.2) is 4.79 Å². The van der Waals surface area contributed by atoms with Crippen molar-refractivity contribution in [3.05, 3.63) is 0 Å². The number of hydrogen-bond acceptors (Lipinski definition) is 4. The fourth-order valence-electron chi connectivity index (χ4n) is 3.62. The molecule has 0 aromatic rings. The normalized spacial score (nSPS) is 40.3. The van der Waals surface area contributed by atoms with Crippen molar-refractivity contribution in [1.82, 2.24) is 0 Å². The fourth-order valence-corrected chi connectivity index (χ4v) is 3.62. The number of aliphatic hydroxyl groups excluding tert-OH is 1. The molecule has 2 fully saturated rings. The number of aliphatic hydroxyl groups is 1. The first-order valence-electron chi connectivity index (χ1n) is 6.41. The van der Waals surface area contributed by atoms with Crippen molar-refractivity contribution in [2.75, 3.05) is 6.54 Å². The van der Waals surface area contributed by atoms with Crippen LogP contribution in [0.2, 0.25) is 0 Å². The van der Waals surface area contributed by atoms with Crippen molar-refractivity contribution in [2.24, 2.45) is 22.5 Å². The highest BCUT2D eigenvalue weighted by molar-refractivity contribution is 5.74. The van der Waals surface area contributed by atoms with Gasteiger partial charge in [0.15, 0.2) is 6.10 Å². The lowest BCUT2D eigenvalue weighted by atomic mass is 9.70. The molecule has 0 aliphatic heterocycles. The van der Waals surface area contributed by atoms with Gasteiger partial charge in [0.05, 0.1) is 0 Å². The standard InChI is InChI=1S/C13H23NO3/c1-12(2)8-4-5-13(12,3)10(6-8)17-11(16)9(15)7-14/h8-10,15H,4-7,14H2,1-3H3. The summed E-state index contributed by atoms with van der Waals surface area (Å²) in [5, 5.41) is 9.37. The van der Waals surface area contributed by atoms with Gasteiger partial charge in [-0.3, -0.25) is 0 Å². The second-order valence-electron chi connectivity index (χ2n) is 6.29. The monoisotopic (exact) mass is 241 g/mol. The number of esters is 1. The van der Waals surface area contributed by atoms with Crippen molar-refractivity contribution < 1.29 is 14.6 Å². The van der Waals surface area contributed by atoms with Gasteiger partial charge in [0.2, 0.25) is 0 Å². The smallest absolute Gasteiger partial charge is 0.336 e. The molecule has 2 bridgehead atoms. The lowest BCUT2D eigenvalue weighted by molar-refractivity contribution is -0.166. The lowest BCUT2D eigenvalue weighted by Crippen LogP contribution is -2.41. The summed E-state index contributed by atoms with van der Waals surface area (Å²) in [7, 11) is 0. The second-order valence-corrected chi connectivity index (χ2v) is 6.29. The van der Waals surface area contributed by atoms with Crippen LogP contribution in [0, 0.1) is 16.7 Å². The Morgan fingerprint density at radius 1 is 1.53 bits per heavy atom. The quantitative estimate of drug-likeness (QED) is 0.725. The zero-order valence-electron chi connectivity index (χ0n) is 10.9. The molecule has 4 atom stereocenters. The number of ether oxygens (including phenoxy) is 1. The Balaban J connectivity index is 2.08. The molecular formula is C13H23NO3. The highest BCUT2D eigenvalue weighted by Gasteiger charge is 2.62. The highest BCUT2D eigenvalue weighted by atomic mass is 16.6. The van der Waals surface area contributed by atoms with Crippen LogP contribution >= 0.6 is 0 Å². The maximum Gasteiger partial charge on any atom is 0.336 e. The zero-order chi connectivity index (χ0) is 12.8. The van der Waals surface area contributed by atoms with Crippen LogP contribution < -0.4 is 5.73 Å². The summed E-state index contributed by atoms with van der Waals surface area (Å²) < 4.78 is 5.47. The van der Waals surface area contributed by atoms with Gasteiger partial charge in [0, 0.05) is 12.0 Å². The van der Waals surface area contributed by atoms with Crippen LogP contribution in [-0.4, -0.2) is 29.8 Å². The predicted molar refractivity (Wildman–Crippen MR) is 64.2 cm³/mol. The second kappa shape index (κ2) is 3.95. The third-order valence-corrected chi connectivity index (χ3v) is 5.47. The molecule has 4 nitrogen and oxygen atoms in total. The molecule has 2 aliphatic rings. The fraction of sp³-hybridized carbons (Fsp3) is 0.923. The van der Waals surface area contributed by atoms with Gasteiger partial charge < -0.3 is 15.6 Å². The molecule has 17 heavy (non-hydrogen) atoms. The third kappa shape index (κ3) is 1.69. The Morgan fingerprint density at radius 2 is 2.18 bits per heavy atom. The molecule has 0 aromatic heterocycles. The first-order valence-corrected chi connectivity index (χ1v) is 6.41. The molecule has 0 saturated heterocycles. The molecule has 3 N–H and O–H groups in total. The van der Waals surface area contributed by atoms with E-state index in [-0.39, 0.29) is 23.5 Å². The van der Waals surface area contributed by atoms with E-state index < -0.39 is 12.1 Å². The Hall–Kier alpha value is -0.610. The average molecular weight is 241 g/mol. The molecule has 0 aromatic carbocycles. The molecule has 0 amide bonds. The highest BCUT2D eigenvalue weighted by Crippen LogP contribution is 2.66. The lowest BCUT2D eigenvalue weighted by Gasteiger charge is -2.38. The summed E-state index contributed by atoms with van der Waals surface area (Å²) in [6.07, 6.45) is 2.00. The first kappa shape index (κ1) is 12.8. The van der Waals surface area contributed by atoms with Crippen LogP contribution in [0.1, 0.15) is 40.0 Å². The maximum absolute atomic E-state index is 11.6. The molecule has 0 radical (unpaired) electrons. The topological polar surface area (TPSA) is 72.5 Å². The van der Waals surface area contributed by atoms with E-state index in [0.717, 1.165) is 12.8 Å². The summed E-state index contributed by atoms with van der Waals surface area (Å²) in [6.45, 7) is 6.65. The number of rotatable bonds is 3. The van der Waals surface area contributed by atoms with Crippen molar-refractivity contribution in [3.8, 4) is 0 Å². The van der Waals surface area contributed by atoms with E-state index >= 15 is 0 Å². The van der Waals surface area contributed by atoms with E-state index in [2.05, 4.69) is 20.8 Å². The molecule has 0 heterocycles. The number of nitrogens with two attached hydrogens (primary N) is 1. The Labute approximate surface area is 103 Å². The molecule has 2 saturated carbocycles. The Bertz CT molecular complexity index is 329. The van der Waals surface area contributed by atoms with E-state index in [4.69, 9.17) is 10.5 Å². The summed E-state index contributed by atoms with van der Waals surface area (Å²) in [5.74, 6) is 0.0578. The Kier molecular flexibility index (Phi) is 2.99. The minimum absolute atomic E-state index is 0.0433. The van der Waals surface area contributed by atoms with E-state index in [1.165, 1.54) is 6.42 Å². The Morgan fingerprint density at radius 3 is 2.59 bits per heavy atom. The van der Waals surface area contributed by atoms with E-state index in [1.54, 1.807) is 0 Å². The van der Waals surface area contributed by atoms with Gasteiger partial charge >= 0.3 is 5.97 Å². The van der Waals surface area contributed by atoms with Crippen LogP contribution in [0.3, 0.4) is 0 Å². The van der Waals surface area contributed by atoms with E-state index in [0.29, 0.717) is 5.92 Å². The molecule has 4 unspecified atom stereocenters. The van der Waals surface area contributed by atoms with Crippen LogP contribution in [-0.2, 0) is 9.53 Å². The largest absolute Gasteiger partial charge is 0.460 e. The van der Waals surface area contributed by atoms with Gasteiger partial charge in [-0.1, -0.05) is 20.8 Å². The van der Waals surface area contributed by atoms with Gasteiger partial charge in [-0.05, 0) is 30.6 Å². The molecule has 0 spiro atoms. The SMILES string of the molecule is CC1(C)C2CCC1(C)C(OC(=O)C(O)CN)C2. The summed E-state index contributed by atoms with van der Waals surface area (Å²) in [5.41, 5.74) is 5.52. The molecule has 2 aliphatic carbocycles. The summed E-state index contributed by atoms with van der Waals surface area (Å²) >= 11 is 0. The van der Waals surface area contributed by atoms with Crippen LogP contribution in [0.15, 0.2) is 0 Å². The van der Waals surface area contributed by atoms with E-state index in [9.17, 15) is 9.90 Å². The third-order valence-electron chi connectivity index (χ3n) is 5.47. The van der Waals surface area contributed by atoms with Crippen molar-refractivity contribution >= 4 is 5.97 Å². The van der Waals surface area contributed by atoms with Gasteiger partial charge in [-0.15, -0.1) is 0 Å². The number of carbonyl (C=O) groups excluding carboxylic acids is 1. The molecular weight excluding hydrogens is 218 g/mol. The number of fused-ring (bicyclic) bond motifs is 2. The molecule has 98 valence electrons. The zero-order valence-corrected chi connectivity index (χ0v) is 10.9. The van der Waals surface area contributed by atoms with Crippen molar-refractivity contribution in [2.45, 2.75) is 52.2 Å². The van der Waals surface area contributed by atoms with Gasteiger partial charge in [0.25, 0.3) is 0 Å². The van der Waals surface area contributed by atoms with Crippen LogP contribution in [0.4, 0.5) is 0 Å². The van der Waals surface area contributed by atoms with Crippen LogP contribution in [0.25, 0.3) is 0 Å². The number of carbonyl (C=O) groups is 1. The van der Waals surface area contributed by atoms with Gasteiger partial charge in [-0.2, -0.15) is 0 Å². The van der Waals surface area contributed by atoms with E-state index in [1.807, 2.05) is 0 Å². The maximum atomic E-state index is 11.6. The molecule has 4 heteroatoms. The predicted octanol–water partition coefficient (Wildman–Crippen LogP) is 1.06. The van der Waals surface area contributed by atoms with Crippen molar-refractivity contribution in [1.29, 1.82) is 0 Å². The van der Waals surface area contributed by atoms with Crippen LogP contribution in [0.5, 0.6) is 0 Å². The first-order chi connectivity index (χ1) is 7.83. The molecule has 2 rings (SSSR count).